The number of hydrogen-bond donors (Lipinski definition) is 0. The van der Waals surface area contributed by atoms with Gasteiger partial charge in [0.1, 0.15) is 5.75 Å². The Morgan fingerprint density at radius 1 is 1.29 bits per heavy atom. The van der Waals surface area contributed by atoms with Gasteiger partial charge in [-0.2, -0.15) is 0 Å². The number of carbonyl (C=O) groups excluding carboxylic acids is 1. The molecule has 3 heteroatoms. The minimum Gasteiger partial charge on any atom is -0.494 e. The van der Waals surface area contributed by atoms with Crippen LogP contribution in [0.5, 0.6) is 5.75 Å². The molecule has 0 aliphatic rings. The highest BCUT2D eigenvalue weighted by molar-refractivity contribution is 5.72. The lowest BCUT2D eigenvalue weighted by Gasteiger charge is -2.03. The van der Waals surface area contributed by atoms with Crippen molar-refractivity contribution in [2.45, 2.75) is 13.3 Å². The van der Waals surface area contributed by atoms with Crippen LogP contribution in [-0.2, 0) is 16.0 Å². The van der Waals surface area contributed by atoms with Crippen molar-refractivity contribution < 1.29 is 14.3 Å². The molecule has 76 valence electrons. The molecule has 0 radical (unpaired) electrons. The molecule has 0 saturated heterocycles. The first-order valence-corrected chi connectivity index (χ1v) is 4.54. The van der Waals surface area contributed by atoms with Gasteiger partial charge in [-0.3, -0.25) is 4.79 Å². The van der Waals surface area contributed by atoms with Crippen LogP contribution < -0.4 is 4.74 Å². The van der Waals surface area contributed by atoms with Crippen molar-refractivity contribution in [3.8, 4) is 5.75 Å². The van der Waals surface area contributed by atoms with E-state index in [-0.39, 0.29) is 5.97 Å². The zero-order valence-corrected chi connectivity index (χ0v) is 8.45. The third kappa shape index (κ3) is 3.09. The number of ether oxygens (including phenoxy) is 2. The van der Waals surface area contributed by atoms with Crippen LogP contribution in [0, 0.1) is 0 Å². The third-order valence-corrected chi connectivity index (χ3v) is 1.81. The predicted molar refractivity (Wildman–Crippen MR) is 53.3 cm³/mol. The van der Waals surface area contributed by atoms with Crippen molar-refractivity contribution in [2.75, 3.05) is 13.7 Å². The summed E-state index contributed by atoms with van der Waals surface area (Å²) in [5.41, 5.74) is 0.931. The lowest BCUT2D eigenvalue weighted by atomic mass is 10.1. The average molecular weight is 194 g/mol. The van der Waals surface area contributed by atoms with E-state index in [1.165, 1.54) is 7.11 Å². The maximum atomic E-state index is 10.9. The fourth-order valence-corrected chi connectivity index (χ4v) is 1.11. The Hall–Kier alpha value is -1.51. The van der Waals surface area contributed by atoms with Gasteiger partial charge in [-0.15, -0.1) is 0 Å². The van der Waals surface area contributed by atoms with E-state index in [9.17, 15) is 4.79 Å². The number of benzene rings is 1. The summed E-state index contributed by atoms with van der Waals surface area (Å²) in [5.74, 6) is 0.593. The van der Waals surface area contributed by atoms with Gasteiger partial charge in [0, 0.05) is 0 Å². The fraction of sp³-hybridized carbons (Fsp3) is 0.364. The molecule has 14 heavy (non-hydrogen) atoms. The van der Waals surface area contributed by atoms with Crippen LogP contribution in [0.2, 0.25) is 0 Å². The molecule has 0 saturated carbocycles. The molecule has 0 fully saturated rings. The van der Waals surface area contributed by atoms with Crippen LogP contribution in [0.25, 0.3) is 0 Å². The molecular formula is C11H14O3. The Bertz CT molecular complexity index is 290. The molecule has 1 aromatic rings. The normalized spacial score (nSPS) is 9.57. The molecule has 0 spiro atoms. The van der Waals surface area contributed by atoms with Gasteiger partial charge in [0.25, 0.3) is 0 Å². The summed E-state index contributed by atoms with van der Waals surface area (Å²) in [4.78, 5) is 10.9. The van der Waals surface area contributed by atoms with Crippen molar-refractivity contribution in [1.29, 1.82) is 0 Å². The predicted octanol–water partition coefficient (Wildman–Crippen LogP) is 1.80. The lowest BCUT2D eigenvalue weighted by molar-refractivity contribution is -0.139. The van der Waals surface area contributed by atoms with Gasteiger partial charge < -0.3 is 9.47 Å². The van der Waals surface area contributed by atoms with E-state index < -0.39 is 0 Å². The summed E-state index contributed by atoms with van der Waals surface area (Å²) < 4.78 is 9.84. The van der Waals surface area contributed by atoms with Crippen molar-refractivity contribution in [1.82, 2.24) is 0 Å². The monoisotopic (exact) mass is 194 g/mol. The zero-order valence-electron chi connectivity index (χ0n) is 8.45. The number of hydrogen-bond acceptors (Lipinski definition) is 3. The largest absolute Gasteiger partial charge is 0.494 e. The molecule has 0 heterocycles. The molecule has 0 amide bonds. The summed E-state index contributed by atoms with van der Waals surface area (Å²) in [6.45, 7) is 2.58. The maximum Gasteiger partial charge on any atom is 0.309 e. The highest BCUT2D eigenvalue weighted by Crippen LogP contribution is 2.12. The van der Waals surface area contributed by atoms with E-state index in [0.717, 1.165) is 11.3 Å². The van der Waals surface area contributed by atoms with Crippen molar-refractivity contribution in [2.24, 2.45) is 0 Å². The summed E-state index contributed by atoms with van der Waals surface area (Å²) in [5, 5.41) is 0. The first-order valence-electron chi connectivity index (χ1n) is 4.54. The second-order valence-corrected chi connectivity index (χ2v) is 2.83. The maximum absolute atomic E-state index is 10.9. The highest BCUT2D eigenvalue weighted by atomic mass is 16.5. The Labute approximate surface area is 83.6 Å². The SMILES string of the molecule is CCOc1ccc(CC(=O)OC)cc1. The Morgan fingerprint density at radius 3 is 2.43 bits per heavy atom. The van der Waals surface area contributed by atoms with Gasteiger partial charge >= 0.3 is 5.97 Å². The van der Waals surface area contributed by atoms with Crippen LogP contribution in [0.4, 0.5) is 0 Å². The number of rotatable bonds is 4. The molecule has 0 aliphatic heterocycles. The molecule has 3 nitrogen and oxygen atoms in total. The van der Waals surface area contributed by atoms with E-state index in [1.54, 1.807) is 0 Å². The Kier molecular flexibility index (Phi) is 3.98. The smallest absolute Gasteiger partial charge is 0.309 e. The number of methoxy groups -OCH3 is 1. The first kappa shape index (κ1) is 10.6. The summed E-state index contributed by atoms with van der Waals surface area (Å²) in [7, 11) is 1.39. The third-order valence-electron chi connectivity index (χ3n) is 1.81. The van der Waals surface area contributed by atoms with Crippen LogP contribution in [-0.4, -0.2) is 19.7 Å². The Morgan fingerprint density at radius 2 is 1.93 bits per heavy atom. The summed E-state index contributed by atoms with van der Waals surface area (Å²) >= 11 is 0. The van der Waals surface area contributed by atoms with Gasteiger partial charge in [0.15, 0.2) is 0 Å². The lowest BCUT2D eigenvalue weighted by Crippen LogP contribution is -2.04. The standard InChI is InChI=1S/C11H14O3/c1-3-14-10-6-4-9(5-7-10)8-11(12)13-2/h4-7H,3,8H2,1-2H3. The second kappa shape index (κ2) is 5.27. The molecule has 0 bridgehead atoms. The van der Waals surface area contributed by atoms with E-state index in [2.05, 4.69) is 4.74 Å². The van der Waals surface area contributed by atoms with Crippen molar-refractivity contribution in [3.63, 3.8) is 0 Å². The number of esters is 1. The van der Waals surface area contributed by atoms with Gasteiger partial charge in [0.05, 0.1) is 20.1 Å². The van der Waals surface area contributed by atoms with E-state index in [1.807, 2.05) is 31.2 Å². The molecule has 0 aliphatic carbocycles. The molecule has 0 aromatic heterocycles. The highest BCUT2D eigenvalue weighted by Gasteiger charge is 2.02. The molecule has 1 aromatic carbocycles. The van der Waals surface area contributed by atoms with Crippen LogP contribution in [0.15, 0.2) is 24.3 Å². The molecule has 0 atom stereocenters. The molecule has 0 unspecified atom stereocenters. The Balaban J connectivity index is 2.59. The first-order chi connectivity index (χ1) is 6.76. The molecule has 1 rings (SSSR count). The van der Waals surface area contributed by atoms with E-state index >= 15 is 0 Å². The van der Waals surface area contributed by atoms with E-state index in [4.69, 9.17) is 4.74 Å². The fourth-order valence-electron chi connectivity index (χ4n) is 1.11. The van der Waals surface area contributed by atoms with E-state index in [0.29, 0.717) is 13.0 Å². The second-order valence-electron chi connectivity index (χ2n) is 2.83. The van der Waals surface area contributed by atoms with Gasteiger partial charge in [-0.25, -0.2) is 0 Å². The molecular weight excluding hydrogens is 180 g/mol. The average Bonchev–Trinajstić information content (AvgIpc) is 2.21. The topological polar surface area (TPSA) is 35.5 Å². The van der Waals surface area contributed by atoms with Gasteiger partial charge in [-0.05, 0) is 24.6 Å². The quantitative estimate of drug-likeness (QED) is 0.685. The van der Waals surface area contributed by atoms with Gasteiger partial charge in [0.2, 0.25) is 0 Å². The van der Waals surface area contributed by atoms with Crippen LogP contribution in [0.1, 0.15) is 12.5 Å². The van der Waals surface area contributed by atoms with Gasteiger partial charge in [-0.1, -0.05) is 12.1 Å². The van der Waals surface area contributed by atoms with Crippen molar-refractivity contribution in [3.05, 3.63) is 29.8 Å². The number of carbonyl (C=O) groups is 1. The van der Waals surface area contributed by atoms with Crippen LogP contribution in [0.3, 0.4) is 0 Å². The minimum atomic E-state index is -0.228. The zero-order chi connectivity index (χ0) is 10.4. The molecule has 0 N–H and O–H groups in total. The minimum absolute atomic E-state index is 0.228. The van der Waals surface area contributed by atoms with Crippen LogP contribution >= 0.6 is 0 Å². The van der Waals surface area contributed by atoms with Crippen molar-refractivity contribution >= 4 is 5.97 Å². The summed E-state index contributed by atoms with van der Waals surface area (Å²) in [6.07, 6.45) is 0.308. The summed E-state index contributed by atoms with van der Waals surface area (Å²) in [6, 6.07) is 7.42.